The number of rotatable bonds is 4. The molecule has 0 spiro atoms. The van der Waals surface area contributed by atoms with Gasteiger partial charge in [0.15, 0.2) is 0 Å². The maximum absolute atomic E-state index is 12.5. The molecule has 5 nitrogen and oxygen atoms in total. The van der Waals surface area contributed by atoms with Crippen LogP contribution in [0.5, 0.6) is 5.75 Å². The normalized spacial score (nSPS) is 22.1. The fourth-order valence-electron chi connectivity index (χ4n) is 3.41. The minimum atomic E-state index is -0.824. The highest BCUT2D eigenvalue weighted by atomic mass is 16.5. The van der Waals surface area contributed by atoms with Gasteiger partial charge in [-0.05, 0) is 50.3 Å². The van der Waals surface area contributed by atoms with Crippen LogP contribution in [-0.4, -0.2) is 41.1 Å². The summed E-state index contributed by atoms with van der Waals surface area (Å²) in [6.07, 6.45) is 6.60. The van der Waals surface area contributed by atoms with Crippen molar-refractivity contribution in [3.8, 4) is 5.75 Å². The number of nitrogens with zero attached hydrogens (tertiary/aromatic N) is 1. The van der Waals surface area contributed by atoms with Crippen molar-refractivity contribution >= 4 is 11.9 Å². The minimum absolute atomic E-state index is 0.108. The standard InChI is InChI=1S/C18H23NO4/c20-17(19-10-9-14(12-19)18(21)22)13-5-4-8-16(11-13)23-15-6-2-1-3-7-15/h4-5,8,11,14-15H,1-3,6-7,9-10,12H2,(H,21,22)/t14-/m1/s1. The van der Waals surface area contributed by atoms with Crippen molar-refractivity contribution in [1.82, 2.24) is 4.90 Å². The average molecular weight is 317 g/mol. The molecule has 0 aromatic heterocycles. The number of likely N-dealkylation sites (tertiary alicyclic amines) is 1. The lowest BCUT2D eigenvalue weighted by molar-refractivity contribution is -0.141. The van der Waals surface area contributed by atoms with E-state index in [-0.39, 0.29) is 12.0 Å². The van der Waals surface area contributed by atoms with Gasteiger partial charge in [0.2, 0.25) is 0 Å². The summed E-state index contributed by atoms with van der Waals surface area (Å²) in [4.78, 5) is 25.2. The van der Waals surface area contributed by atoms with Gasteiger partial charge >= 0.3 is 5.97 Å². The Morgan fingerprint density at radius 3 is 2.61 bits per heavy atom. The average Bonchev–Trinajstić information content (AvgIpc) is 3.06. The van der Waals surface area contributed by atoms with Gasteiger partial charge in [-0.2, -0.15) is 0 Å². The van der Waals surface area contributed by atoms with Crippen LogP contribution in [0.2, 0.25) is 0 Å². The predicted octanol–water partition coefficient (Wildman–Crippen LogP) is 2.94. The predicted molar refractivity (Wildman–Crippen MR) is 85.6 cm³/mol. The second kappa shape index (κ2) is 7.02. The topological polar surface area (TPSA) is 66.8 Å². The van der Waals surface area contributed by atoms with Crippen molar-refractivity contribution in [2.45, 2.75) is 44.6 Å². The van der Waals surface area contributed by atoms with E-state index < -0.39 is 11.9 Å². The number of carbonyl (C=O) groups is 2. The van der Waals surface area contributed by atoms with Gasteiger partial charge in [0.1, 0.15) is 5.75 Å². The molecule has 0 unspecified atom stereocenters. The summed E-state index contributed by atoms with van der Waals surface area (Å²) in [5.74, 6) is -0.644. The summed E-state index contributed by atoms with van der Waals surface area (Å²) in [7, 11) is 0. The second-order valence-electron chi connectivity index (χ2n) is 6.48. The Morgan fingerprint density at radius 2 is 1.91 bits per heavy atom. The first-order chi connectivity index (χ1) is 11.1. The second-order valence-corrected chi connectivity index (χ2v) is 6.48. The smallest absolute Gasteiger partial charge is 0.308 e. The van der Waals surface area contributed by atoms with Crippen molar-refractivity contribution in [1.29, 1.82) is 0 Å². The fourth-order valence-corrected chi connectivity index (χ4v) is 3.41. The molecular weight excluding hydrogens is 294 g/mol. The van der Waals surface area contributed by atoms with Gasteiger partial charge < -0.3 is 14.7 Å². The molecule has 1 aromatic rings. The number of ether oxygens (including phenoxy) is 1. The van der Waals surface area contributed by atoms with E-state index in [0.29, 0.717) is 25.1 Å². The van der Waals surface area contributed by atoms with Crippen LogP contribution in [0.3, 0.4) is 0 Å². The largest absolute Gasteiger partial charge is 0.490 e. The first-order valence-corrected chi connectivity index (χ1v) is 8.42. The molecule has 3 rings (SSSR count). The van der Waals surface area contributed by atoms with Crippen molar-refractivity contribution < 1.29 is 19.4 Å². The molecule has 23 heavy (non-hydrogen) atoms. The Kier molecular flexibility index (Phi) is 4.84. The highest BCUT2D eigenvalue weighted by Crippen LogP contribution is 2.25. The monoisotopic (exact) mass is 317 g/mol. The molecular formula is C18H23NO4. The number of amides is 1. The number of carboxylic acid groups (broad SMARTS) is 1. The summed E-state index contributed by atoms with van der Waals surface area (Å²) >= 11 is 0. The first kappa shape index (κ1) is 15.8. The summed E-state index contributed by atoms with van der Waals surface area (Å²) in [5.41, 5.74) is 0.573. The van der Waals surface area contributed by atoms with Crippen molar-refractivity contribution in [2.24, 2.45) is 5.92 Å². The van der Waals surface area contributed by atoms with E-state index in [4.69, 9.17) is 9.84 Å². The summed E-state index contributed by atoms with van der Waals surface area (Å²) in [6.45, 7) is 0.797. The molecule has 5 heteroatoms. The molecule has 2 fully saturated rings. The van der Waals surface area contributed by atoms with Gasteiger partial charge in [-0.1, -0.05) is 12.5 Å². The van der Waals surface area contributed by atoms with Gasteiger partial charge in [0.05, 0.1) is 12.0 Å². The van der Waals surface area contributed by atoms with Gasteiger partial charge in [0.25, 0.3) is 5.91 Å². The molecule has 1 N–H and O–H groups in total. The molecule has 124 valence electrons. The lowest BCUT2D eigenvalue weighted by Crippen LogP contribution is -2.30. The number of carboxylic acids is 1. The zero-order valence-electron chi connectivity index (χ0n) is 13.2. The quantitative estimate of drug-likeness (QED) is 0.927. The van der Waals surface area contributed by atoms with Gasteiger partial charge in [-0.25, -0.2) is 0 Å². The molecule has 1 atom stereocenters. The Hall–Kier alpha value is -2.04. The Balaban J connectivity index is 1.64. The van der Waals surface area contributed by atoms with Gasteiger partial charge in [-0.3, -0.25) is 9.59 Å². The molecule has 1 saturated heterocycles. The van der Waals surface area contributed by atoms with Crippen LogP contribution in [0, 0.1) is 5.92 Å². The molecule has 1 aromatic carbocycles. The van der Waals surface area contributed by atoms with Crippen LogP contribution in [0.1, 0.15) is 48.9 Å². The van der Waals surface area contributed by atoms with Crippen molar-refractivity contribution in [3.05, 3.63) is 29.8 Å². The fraction of sp³-hybridized carbons (Fsp3) is 0.556. The van der Waals surface area contributed by atoms with Crippen LogP contribution >= 0.6 is 0 Å². The number of aliphatic carboxylic acids is 1. The van der Waals surface area contributed by atoms with Crippen LogP contribution in [0.15, 0.2) is 24.3 Å². The van der Waals surface area contributed by atoms with Crippen molar-refractivity contribution in [3.63, 3.8) is 0 Å². The zero-order chi connectivity index (χ0) is 16.2. The third kappa shape index (κ3) is 3.84. The summed E-state index contributed by atoms with van der Waals surface area (Å²) in [6, 6.07) is 7.26. The van der Waals surface area contributed by atoms with Crippen LogP contribution < -0.4 is 4.74 Å². The molecule has 1 aliphatic carbocycles. The Morgan fingerprint density at radius 1 is 1.13 bits per heavy atom. The van der Waals surface area contributed by atoms with E-state index in [1.165, 1.54) is 19.3 Å². The highest BCUT2D eigenvalue weighted by molar-refractivity contribution is 5.95. The van der Waals surface area contributed by atoms with E-state index in [1.54, 1.807) is 17.0 Å². The lowest BCUT2D eigenvalue weighted by atomic mass is 9.98. The van der Waals surface area contributed by atoms with Crippen LogP contribution in [0.25, 0.3) is 0 Å². The molecule has 0 radical (unpaired) electrons. The number of benzene rings is 1. The molecule has 1 amide bonds. The summed E-state index contributed by atoms with van der Waals surface area (Å²) < 4.78 is 6.00. The zero-order valence-corrected chi connectivity index (χ0v) is 13.2. The van der Waals surface area contributed by atoms with E-state index in [2.05, 4.69) is 0 Å². The maximum Gasteiger partial charge on any atom is 0.308 e. The number of hydrogen-bond donors (Lipinski definition) is 1. The third-order valence-corrected chi connectivity index (χ3v) is 4.76. The molecule has 2 aliphatic rings. The maximum atomic E-state index is 12.5. The molecule has 0 bridgehead atoms. The highest BCUT2D eigenvalue weighted by Gasteiger charge is 2.31. The third-order valence-electron chi connectivity index (χ3n) is 4.76. The van der Waals surface area contributed by atoms with Crippen LogP contribution in [-0.2, 0) is 4.79 Å². The minimum Gasteiger partial charge on any atom is -0.490 e. The lowest BCUT2D eigenvalue weighted by Gasteiger charge is -2.23. The number of carbonyl (C=O) groups excluding carboxylic acids is 1. The SMILES string of the molecule is O=C(O)[C@@H]1CCN(C(=O)c2cccc(OC3CCCCC3)c2)C1. The summed E-state index contributed by atoms with van der Waals surface area (Å²) in [5, 5.41) is 9.05. The number of hydrogen-bond acceptors (Lipinski definition) is 3. The molecule has 1 aliphatic heterocycles. The van der Waals surface area contributed by atoms with E-state index >= 15 is 0 Å². The van der Waals surface area contributed by atoms with Gasteiger partial charge in [0, 0.05) is 18.7 Å². The Bertz CT molecular complexity index is 580. The van der Waals surface area contributed by atoms with E-state index in [0.717, 1.165) is 18.6 Å². The van der Waals surface area contributed by atoms with E-state index in [9.17, 15) is 9.59 Å². The van der Waals surface area contributed by atoms with Crippen molar-refractivity contribution in [2.75, 3.05) is 13.1 Å². The van der Waals surface area contributed by atoms with Gasteiger partial charge in [-0.15, -0.1) is 0 Å². The molecule has 1 heterocycles. The Labute approximate surface area is 136 Å². The van der Waals surface area contributed by atoms with E-state index in [1.807, 2.05) is 12.1 Å². The van der Waals surface area contributed by atoms with Crippen LogP contribution in [0.4, 0.5) is 0 Å². The first-order valence-electron chi connectivity index (χ1n) is 8.42. The molecule has 1 saturated carbocycles.